The molecule has 0 amide bonds. The number of carbonyl (C=O) groups excluding carboxylic acids is 1. The van der Waals surface area contributed by atoms with E-state index < -0.39 is 6.16 Å². The second-order valence-corrected chi connectivity index (χ2v) is 4.08. The summed E-state index contributed by atoms with van der Waals surface area (Å²) in [6, 6.07) is 6.22. The highest BCUT2D eigenvalue weighted by Crippen LogP contribution is 2.31. The van der Waals surface area contributed by atoms with Crippen LogP contribution in [0.1, 0.15) is 24.8 Å². The summed E-state index contributed by atoms with van der Waals surface area (Å²) in [6.45, 7) is 2.02. The molecule has 0 spiro atoms. The number of benzene rings is 1. The fraction of sp³-hybridized carbons (Fsp3) is 0.357. The van der Waals surface area contributed by atoms with Gasteiger partial charge >= 0.3 is 6.16 Å². The molecule has 0 saturated heterocycles. The molecule has 96 valence electrons. The van der Waals surface area contributed by atoms with Gasteiger partial charge in [0.1, 0.15) is 11.9 Å². The van der Waals surface area contributed by atoms with E-state index in [4.69, 9.17) is 9.47 Å². The topological polar surface area (TPSA) is 35.5 Å². The molecule has 1 aromatic carbocycles. The molecule has 18 heavy (non-hydrogen) atoms. The quantitative estimate of drug-likeness (QED) is 0.609. The van der Waals surface area contributed by atoms with Crippen LogP contribution in [-0.4, -0.2) is 18.9 Å². The van der Waals surface area contributed by atoms with Crippen molar-refractivity contribution in [2.45, 2.75) is 25.4 Å². The first kappa shape index (κ1) is 12.6. The molecule has 0 heterocycles. The Balaban J connectivity index is 2.05. The minimum atomic E-state index is -0.654. The lowest BCUT2D eigenvalue weighted by Crippen LogP contribution is -2.22. The van der Waals surface area contributed by atoms with Crippen molar-refractivity contribution in [3.05, 3.63) is 47.8 Å². The number of carbonyl (C=O) groups is 1. The Bertz CT molecular complexity index is 439. The fourth-order valence-electron chi connectivity index (χ4n) is 2.04. The molecule has 0 saturated carbocycles. The second kappa shape index (κ2) is 5.67. The summed E-state index contributed by atoms with van der Waals surface area (Å²) in [6.07, 6.45) is 3.66. The second-order valence-electron chi connectivity index (χ2n) is 4.08. The van der Waals surface area contributed by atoms with Crippen molar-refractivity contribution < 1.29 is 18.7 Å². The van der Waals surface area contributed by atoms with Gasteiger partial charge in [-0.15, -0.1) is 0 Å². The van der Waals surface area contributed by atoms with E-state index in [0.29, 0.717) is 13.0 Å². The molecule has 3 nitrogen and oxygen atoms in total. The van der Waals surface area contributed by atoms with Crippen LogP contribution < -0.4 is 0 Å². The molecule has 2 atom stereocenters. The first-order valence-electron chi connectivity index (χ1n) is 5.96. The van der Waals surface area contributed by atoms with Crippen LogP contribution in [0, 0.1) is 5.82 Å². The third-order valence-electron chi connectivity index (χ3n) is 2.88. The van der Waals surface area contributed by atoms with Gasteiger partial charge in [0.05, 0.1) is 6.61 Å². The van der Waals surface area contributed by atoms with Crippen molar-refractivity contribution in [1.82, 2.24) is 0 Å². The Morgan fingerprint density at radius 2 is 2.11 bits per heavy atom. The van der Waals surface area contributed by atoms with E-state index in [0.717, 1.165) is 5.56 Å². The van der Waals surface area contributed by atoms with E-state index in [1.54, 1.807) is 19.1 Å². The van der Waals surface area contributed by atoms with Gasteiger partial charge in [-0.05, 0) is 24.6 Å². The van der Waals surface area contributed by atoms with Crippen molar-refractivity contribution >= 4 is 6.16 Å². The van der Waals surface area contributed by atoms with Crippen LogP contribution in [0.4, 0.5) is 9.18 Å². The molecule has 0 aromatic heterocycles. The van der Waals surface area contributed by atoms with Crippen molar-refractivity contribution in [2.75, 3.05) is 6.61 Å². The Kier molecular flexibility index (Phi) is 3.97. The van der Waals surface area contributed by atoms with Crippen LogP contribution in [0.25, 0.3) is 0 Å². The zero-order chi connectivity index (χ0) is 13.0. The number of halogens is 1. The minimum Gasteiger partial charge on any atom is -0.435 e. The van der Waals surface area contributed by atoms with Crippen molar-refractivity contribution in [3.63, 3.8) is 0 Å². The van der Waals surface area contributed by atoms with Gasteiger partial charge in [-0.3, -0.25) is 0 Å². The smallest absolute Gasteiger partial charge is 0.435 e. The van der Waals surface area contributed by atoms with Crippen LogP contribution >= 0.6 is 0 Å². The molecule has 0 unspecified atom stereocenters. The van der Waals surface area contributed by atoms with Gasteiger partial charge in [-0.25, -0.2) is 9.18 Å². The van der Waals surface area contributed by atoms with Gasteiger partial charge < -0.3 is 9.47 Å². The van der Waals surface area contributed by atoms with E-state index in [2.05, 4.69) is 0 Å². The highest BCUT2D eigenvalue weighted by Gasteiger charge is 2.28. The fourth-order valence-corrected chi connectivity index (χ4v) is 2.04. The molecular formula is C14H15FO3. The molecule has 0 radical (unpaired) electrons. The Morgan fingerprint density at radius 1 is 1.39 bits per heavy atom. The lowest BCUT2D eigenvalue weighted by Gasteiger charge is -2.19. The van der Waals surface area contributed by atoms with Crippen LogP contribution in [0.15, 0.2) is 36.4 Å². The lowest BCUT2D eigenvalue weighted by molar-refractivity contribution is 0.0253. The molecule has 1 aliphatic rings. The van der Waals surface area contributed by atoms with Gasteiger partial charge in [-0.1, -0.05) is 24.3 Å². The van der Waals surface area contributed by atoms with E-state index in [1.165, 1.54) is 12.1 Å². The zero-order valence-corrected chi connectivity index (χ0v) is 10.1. The third-order valence-corrected chi connectivity index (χ3v) is 2.88. The van der Waals surface area contributed by atoms with E-state index >= 15 is 0 Å². The number of hydrogen-bond donors (Lipinski definition) is 0. The summed E-state index contributed by atoms with van der Waals surface area (Å²) in [5.41, 5.74) is 0.930. The summed E-state index contributed by atoms with van der Waals surface area (Å²) < 4.78 is 22.8. The molecule has 1 aliphatic carbocycles. The van der Waals surface area contributed by atoms with Gasteiger partial charge in [0.25, 0.3) is 0 Å². The molecule has 1 aromatic rings. The van der Waals surface area contributed by atoms with Crippen molar-refractivity contribution in [1.29, 1.82) is 0 Å². The lowest BCUT2D eigenvalue weighted by atomic mass is 9.96. The Hall–Kier alpha value is -1.84. The maximum Gasteiger partial charge on any atom is 0.508 e. The standard InChI is InChI=1S/C14H15FO3/c1-2-17-14(16)18-13-5-3-4-12(13)10-6-8-11(15)9-7-10/h3-4,6-9,12-13H,2,5H2,1H3/t12-,13+/m0/s1. The number of ether oxygens (including phenoxy) is 2. The summed E-state index contributed by atoms with van der Waals surface area (Å²) in [5.74, 6) is -0.307. The zero-order valence-electron chi connectivity index (χ0n) is 10.1. The Labute approximate surface area is 105 Å². The summed E-state index contributed by atoms with van der Waals surface area (Å²) >= 11 is 0. The molecule has 2 rings (SSSR count). The minimum absolute atomic E-state index is 0.0324. The molecule has 0 aliphatic heterocycles. The van der Waals surface area contributed by atoms with E-state index in [-0.39, 0.29) is 17.8 Å². The monoisotopic (exact) mass is 250 g/mol. The van der Waals surface area contributed by atoms with E-state index in [9.17, 15) is 9.18 Å². The first-order valence-corrected chi connectivity index (χ1v) is 5.96. The maximum absolute atomic E-state index is 12.9. The predicted molar refractivity (Wildman–Crippen MR) is 64.8 cm³/mol. The maximum atomic E-state index is 12.9. The predicted octanol–water partition coefficient (Wildman–Crippen LogP) is 3.41. The summed E-state index contributed by atoms with van der Waals surface area (Å²) in [5, 5.41) is 0. The van der Waals surface area contributed by atoms with Crippen LogP contribution in [-0.2, 0) is 9.47 Å². The number of rotatable bonds is 3. The van der Waals surface area contributed by atoms with Crippen LogP contribution in [0.3, 0.4) is 0 Å². The van der Waals surface area contributed by atoms with Gasteiger partial charge in [0.15, 0.2) is 0 Å². The van der Waals surface area contributed by atoms with Gasteiger partial charge in [-0.2, -0.15) is 0 Å². The van der Waals surface area contributed by atoms with Gasteiger partial charge in [0, 0.05) is 12.3 Å². The molecular weight excluding hydrogens is 235 g/mol. The third kappa shape index (κ3) is 2.88. The average molecular weight is 250 g/mol. The van der Waals surface area contributed by atoms with E-state index in [1.807, 2.05) is 12.2 Å². The van der Waals surface area contributed by atoms with Crippen molar-refractivity contribution in [2.24, 2.45) is 0 Å². The average Bonchev–Trinajstić information content (AvgIpc) is 2.78. The number of hydrogen-bond acceptors (Lipinski definition) is 3. The largest absolute Gasteiger partial charge is 0.508 e. The van der Waals surface area contributed by atoms with Gasteiger partial charge in [0.2, 0.25) is 0 Å². The Morgan fingerprint density at radius 3 is 2.78 bits per heavy atom. The SMILES string of the molecule is CCOC(=O)O[C@@H]1CC=C[C@H]1c1ccc(F)cc1. The van der Waals surface area contributed by atoms with Crippen LogP contribution in [0.2, 0.25) is 0 Å². The van der Waals surface area contributed by atoms with Crippen molar-refractivity contribution in [3.8, 4) is 0 Å². The molecule has 0 bridgehead atoms. The summed E-state index contributed by atoms with van der Waals surface area (Å²) in [4.78, 5) is 11.3. The summed E-state index contributed by atoms with van der Waals surface area (Å²) in [7, 11) is 0. The highest BCUT2D eigenvalue weighted by molar-refractivity contribution is 5.60. The normalized spacial score (nSPS) is 21.9. The molecule has 0 fully saturated rings. The molecule has 0 N–H and O–H groups in total. The molecule has 4 heteroatoms. The highest BCUT2D eigenvalue weighted by atomic mass is 19.1. The first-order chi connectivity index (χ1) is 8.70. The van der Waals surface area contributed by atoms with Crippen LogP contribution in [0.5, 0.6) is 0 Å².